The number of H-pyrrole nitrogens is 1. The van der Waals surface area contributed by atoms with Crippen LogP contribution < -0.4 is 10.6 Å². The Labute approximate surface area is 103 Å². The molecular formula is C12H14N4O2. The molecular weight excluding hydrogens is 232 g/mol. The van der Waals surface area contributed by atoms with Crippen molar-refractivity contribution in [3.05, 3.63) is 30.1 Å². The van der Waals surface area contributed by atoms with Crippen LogP contribution in [0.15, 0.2) is 24.5 Å². The summed E-state index contributed by atoms with van der Waals surface area (Å²) in [5.41, 5.74) is 2.75. The molecule has 2 aromatic rings. The van der Waals surface area contributed by atoms with Gasteiger partial charge in [0.15, 0.2) is 0 Å². The Morgan fingerprint density at radius 2 is 2.17 bits per heavy atom. The summed E-state index contributed by atoms with van der Waals surface area (Å²) in [4.78, 5) is 18.4. The summed E-state index contributed by atoms with van der Waals surface area (Å²) in [7, 11) is 0. The van der Waals surface area contributed by atoms with Gasteiger partial charge in [0.25, 0.3) is 0 Å². The normalized spacial score (nSPS) is 24.2. The van der Waals surface area contributed by atoms with Crippen molar-refractivity contribution in [1.82, 2.24) is 20.6 Å². The molecule has 6 heteroatoms. The molecule has 0 spiro atoms. The molecule has 1 aromatic carbocycles. The summed E-state index contributed by atoms with van der Waals surface area (Å²) in [6.45, 7) is 1.43. The van der Waals surface area contributed by atoms with Gasteiger partial charge in [0.2, 0.25) is 0 Å². The highest BCUT2D eigenvalue weighted by Crippen LogP contribution is 2.22. The van der Waals surface area contributed by atoms with Crippen molar-refractivity contribution >= 4 is 17.0 Å². The molecule has 2 atom stereocenters. The first-order valence-corrected chi connectivity index (χ1v) is 5.88. The van der Waals surface area contributed by atoms with Gasteiger partial charge in [-0.05, 0) is 17.7 Å². The molecule has 0 amide bonds. The van der Waals surface area contributed by atoms with Crippen molar-refractivity contribution in [1.29, 1.82) is 0 Å². The van der Waals surface area contributed by atoms with Crippen LogP contribution in [0.2, 0.25) is 0 Å². The van der Waals surface area contributed by atoms with Crippen LogP contribution in [-0.4, -0.2) is 40.2 Å². The molecule has 1 aromatic heterocycles. The van der Waals surface area contributed by atoms with E-state index in [0.29, 0.717) is 6.54 Å². The van der Waals surface area contributed by atoms with E-state index in [2.05, 4.69) is 20.6 Å². The third-order valence-electron chi connectivity index (χ3n) is 3.26. The number of aromatic amines is 1. The quantitative estimate of drug-likeness (QED) is 0.610. The monoisotopic (exact) mass is 246 g/mol. The number of carbonyl (C=O) groups is 1. The Kier molecular flexibility index (Phi) is 2.73. The first-order valence-electron chi connectivity index (χ1n) is 5.88. The number of rotatable bonds is 2. The van der Waals surface area contributed by atoms with Crippen LogP contribution in [0.3, 0.4) is 0 Å². The Bertz CT molecular complexity index is 580. The predicted molar refractivity (Wildman–Crippen MR) is 66.3 cm³/mol. The minimum Gasteiger partial charge on any atom is -0.480 e. The van der Waals surface area contributed by atoms with Crippen molar-refractivity contribution in [2.45, 2.75) is 12.1 Å². The van der Waals surface area contributed by atoms with E-state index in [1.807, 2.05) is 18.2 Å². The van der Waals surface area contributed by atoms with Crippen molar-refractivity contribution in [2.24, 2.45) is 0 Å². The molecule has 94 valence electrons. The van der Waals surface area contributed by atoms with E-state index in [1.54, 1.807) is 6.33 Å². The number of imidazole rings is 1. The standard InChI is InChI=1S/C12H14N4O2/c17-12(18)11-10(13-3-4-14-11)7-1-2-8-9(5-7)16-6-15-8/h1-2,5-6,10-11,13-14H,3-4H2,(H,15,16)(H,17,18). The number of fused-ring (bicyclic) bond motifs is 1. The van der Waals surface area contributed by atoms with Crippen molar-refractivity contribution in [2.75, 3.05) is 13.1 Å². The Hall–Kier alpha value is -1.92. The molecule has 4 N–H and O–H groups in total. The van der Waals surface area contributed by atoms with Gasteiger partial charge in [-0.2, -0.15) is 0 Å². The first kappa shape index (κ1) is 11.2. The van der Waals surface area contributed by atoms with Crippen LogP contribution in [0.1, 0.15) is 11.6 Å². The van der Waals surface area contributed by atoms with Crippen LogP contribution in [-0.2, 0) is 4.79 Å². The predicted octanol–water partition coefficient (Wildman–Crippen LogP) is 0.250. The number of aromatic nitrogens is 2. The maximum Gasteiger partial charge on any atom is 0.322 e. The largest absolute Gasteiger partial charge is 0.480 e. The summed E-state index contributed by atoms with van der Waals surface area (Å²) < 4.78 is 0. The molecule has 2 unspecified atom stereocenters. The minimum atomic E-state index is -0.836. The van der Waals surface area contributed by atoms with E-state index in [9.17, 15) is 9.90 Å². The molecule has 2 heterocycles. The second-order valence-corrected chi connectivity index (χ2v) is 4.38. The van der Waals surface area contributed by atoms with Crippen molar-refractivity contribution in [3.63, 3.8) is 0 Å². The third-order valence-corrected chi connectivity index (χ3v) is 3.26. The fraction of sp³-hybridized carbons (Fsp3) is 0.333. The Balaban J connectivity index is 1.97. The lowest BCUT2D eigenvalue weighted by Crippen LogP contribution is -2.54. The number of benzene rings is 1. The van der Waals surface area contributed by atoms with E-state index in [1.165, 1.54) is 0 Å². The summed E-state index contributed by atoms with van der Waals surface area (Å²) in [6.07, 6.45) is 1.63. The second-order valence-electron chi connectivity index (χ2n) is 4.38. The third kappa shape index (κ3) is 1.85. The summed E-state index contributed by atoms with van der Waals surface area (Å²) >= 11 is 0. The van der Waals surface area contributed by atoms with Crippen molar-refractivity contribution < 1.29 is 9.90 Å². The van der Waals surface area contributed by atoms with Gasteiger partial charge in [0, 0.05) is 13.1 Å². The maximum absolute atomic E-state index is 11.2. The molecule has 0 radical (unpaired) electrons. The molecule has 3 rings (SSSR count). The van der Waals surface area contributed by atoms with E-state index in [-0.39, 0.29) is 6.04 Å². The minimum absolute atomic E-state index is 0.219. The molecule has 1 saturated heterocycles. The zero-order chi connectivity index (χ0) is 12.5. The highest BCUT2D eigenvalue weighted by molar-refractivity contribution is 5.77. The molecule has 0 aliphatic carbocycles. The number of carboxylic acids is 1. The van der Waals surface area contributed by atoms with Gasteiger partial charge in [-0.3, -0.25) is 4.79 Å². The Morgan fingerprint density at radius 3 is 3.00 bits per heavy atom. The zero-order valence-corrected chi connectivity index (χ0v) is 9.68. The Morgan fingerprint density at radius 1 is 1.33 bits per heavy atom. The molecule has 1 fully saturated rings. The summed E-state index contributed by atoms with van der Waals surface area (Å²) in [5.74, 6) is -0.836. The van der Waals surface area contributed by atoms with Crippen LogP contribution in [0, 0.1) is 0 Å². The number of nitrogens with one attached hydrogen (secondary N) is 3. The lowest BCUT2D eigenvalue weighted by Gasteiger charge is -2.31. The fourth-order valence-corrected chi connectivity index (χ4v) is 2.38. The lowest BCUT2D eigenvalue weighted by molar-refractivity contribution is -0.140. The van der Waals surface area contributed by atoms with E-state index in [0.717, 1.165) is 23.1 Å². The average molecular weight is 246 g/mol. The van der Waals surface area contributed by atoms with Crippen LogP contribution >= 0.6 is 0 Å². The molecule has 0 saturated carbocycles. The molecule has 6 nitrogen and oxygen atoms in total. The van der Waals surface area contributed by atoms with E-state index in [4.69, 9.17) is 0 Å². The highest BCUT2D eigenvalue weighted by Gasteiger charge is 2.31. The van der Waals surface area contributed by atoms with Gasteiger partial charge >= 0.3 is 5.97 Å². The second kappa shape index (κ2) is 4.40. The number of carboxylic acid groups (broad SMARTS) is 1. The molecule has 18 heavy (non-hydrogen) atoms. The zero-order valence-electron chi connectivity index (χ0n) is 9.68. The van der Waals surface area contributed by atoms with Crippen LogP contribution in [0.4, 0.5) is 0 Å². The topological polar surface area (TPSA) is 90.0 Å². The molecule has 1 aliphatic heterocycles. The van der Waals surface area contributed by atoms with Gasteiger partial charge in [0.1, 0.15) is 6.04 Å². The van der Waals surface area contributed by atoms with Gasteiger partial charge < -0.3 is 20.7 Å². The van der Waals surface area contributed by atoms with Gasteiger partial charge in [-0.15, -0.1) is 0 Å². The molecule has 1 aliphatic rings. The number of aliphatic carboxylic acids is 1. The van der Waals surface area contributed by atoms with Gasteiger partial charge in [0.05, 0.1) is 23.4 Å². The van der Waals surface area contributed by atoms with E-state index >= 15 is 0 Å². The average Bonchev–Trinajstić information content (AvgIpc) is 2.85. The fourth-order valence-electron chi connectivity index (χ4n) is 2.38. The van der Waals surface area contributed by atoms with Gasteiger partial charge in [-0.1, -0.05) is 6.07 Å². The van der Waals surface area contributed by atoms with Crippen LogP contribution in [0.5, 0.6) is 0 Å². The van der Waals surface area contributed by atoms with Gasteiger partial charge in [-0.25, -0.2) is 4.98 Å². The smallest absolute Gasteiger partial charge is 0.322 e. The summed E-state index contributed by atoms with van der Waals surface area (Å²) in [5, 5.41) is 15.5. The number of hydrogen-bond donors (Lipinski definition) is 4. The number of hydrogen-bond acceptors (Lipinski definition) is 4. The SMILES string of the molecule is O=C(O)C1NCCNC1c1ccc2nc[nH]c2c1. The maximum atomic E-state index is 11.2. The highest BCUT2D eigenvalue weighted by atomic mass is 16.4. The first-order chi connectivity index (χ1) is 8.75. The number of piperazine rings is 1. The summed E-state index contributed by atoms with van der Waals surface area (Å²) in [6, 6.07) is 4.95. The van der Waals surface area contributed by atoms with Crippen LogP contribution in [0.25, 0.3) is 11.0 Å². The molecule has 0 bridgehead atoms. The lowest BCUT2D eigenvalue weighted by atomic mass is 9.97. The van der Waals surface area contributed by atoms with Crippen molar-refractivity contribution in [3.8, 4) is 0 Å². The van der Waals surface area contributed by atoms with E-state index < -0.39 is 12.0 Å². The number of nitrogens with zero attached hydrogens (tertiary/aromatic N) is 1.